The van der Waals surface area contributed by atoms with Crippen LogP contribution in [-0.2, 0) is 10.1 Å². The SMILES string of the molecule is Cc1cc([N+](=O)[O-])c(S(=O)(=O)O)cc1C. The lowest BCUT2D eigenvalue weighted by Gasteiger charge is -2.03. The van der Waals surface area contributed by atoms with Crippen molar-refractivity contribution >= 4 is 15.8 Å². The molecule has 0 amide bonds. The Morgan fingerprint density at radius 2 is 1.73 bits per heavy atom. The average Bonchev–Trinajstić information content (AvgIpc) is 2.06. The third kappa shape index (κ3) is 2.31. The van der Waals surface area contributed by atoms with E-state index in [-0.39, 0.29) is 0 Å². The maximum atomic E-state index is 10.9. The molecule has 0 aliphatic heterocycles. The molecular weight excluding hydrogens is 222 g/mol. The summed E-state index contributed by atoms with van der Waals surface area (Å²) in [5.74, 6) is 0. The molecule has 0 aliphatic carbocycles. The minimum absolute atomic E-state index is 0.563. The number of nitro groups is 1. The van der Waals surface area contributed by atoms with Crippen molar-refractivity contribution in [2.45, 2.75) is 18.7 Å². The zero-order valence-corrected chi connectivity index (χ0v) is 8.91. The lowest BCUT2D eigenvalue weighted by atomic mass is 10.1. The number of hydrogen-bond donors (Lipinski definition) is 1. The molecule has 0 saturated carbocycles. The van der Waals surface area contributed by atoms with Gasteiger partial charge < -0.3 is 0 Å². The van der Waals surface area contributed by atoms with Gasteiger partial charge in [-0.2, -0.15) is 8.42 Å². The molecule has 0 saturated heterocycles. The first-order valence-electron chi connectivity index (χ1n) is 3.96. The summed E-state index contributed by atoms with van der Waals surface area (Å²) in [6.45, 7) is 3.23. The molecule has 0 bridgehead atoms. The highest BCUT2D eigenvalue weighted by atomic mass is 32.2. The molecular formula is C8H9NO5S. The van der Waals surface area contributed by atoms with E-state index in [1.807, 2.05) is 0 Å². The summed E-state index contributed by atoms with van der Waals surface area (Å²) >= 11 is 0. The fourth-order valence-electron chi connectivity index (χ4n) is 1.12. The molecule has 0 unspecified atom stereocenters. The maximum absolute atomic E-state index is 10.9. The number of nitrogens with zero attached hydrogens (tertiary/aromatic N) is 1. The Morgan fingerprint density at radius 3 is 2.13 bits per heavy atom. The van der Waals surface area contributed by atoms with Crippen molar-refractivity contribution in [3.63, 3.8) is 0 Å². The van der Waals surface area contributed by atoms with Gasteiger partial charge in [-0.15, -0.1) is 0 Å². The minimum Gasteiger partial charge on any atom is -0.282 e. The van der Waals surface area contributed by atoms with Gasteiger partial charge >= 0.3 is 10.1 Å². The molecule has 1 aromatic rings. The van der Waals surface area contributed by atoms with E-state index in [1.54, 1.807) is 13.8 Å². The molecule has 7 heteroatoms. The first-order valence-corrected chi connectivity index (χ1v) is 5.40. The fraction of sp³-hybridized carbons (Fsp3) is 0.250. The van der Waals surface area contributed by atoms with E-state index in [0.29, 0.717) is 11.1 Å². The van der Waals surface area contributed by atoms with Crippen LogP contribution in [0.4, 0.5) is 5.69 Å². The van der Waals surface area contributed by atoms with Crippen molar-refractivity contribution in [3.8, 4) is 0 Å². The van der Waals surface area contributed by atoms with Gasteiger partial charge in [-0.1, -0.05) is 0 Å². The number of nitro benzene ring substituents is 1. The summed E-state index contributed by atoms with van der Waals surface area (Å²) in [6, 6.07) is 2.21. The van der Waals surface area contributed by atoms with E-state index in [0.717, 1.165) is 12.1 Å². The minimum atomic E-state index is -4.56. The third-order valence-corrected chi connectivity index (χ3v) is 2.93. The summed E-state index contributed by atoms with van der Waals surface area (Å²) in [4.78, 5) is 9.05. The lowest BCUT2D eigenvalue weighted by molar-refractivity contribution is -0.388. The van der Waals surface area contributed by atoms with Crippen LogP contribution in [0.25, 0.3) is 0 Å². The zero-order chi connectivity index (χ0) is 11.8. The van der Waals surface area contributed by atoms with Gasteiger partial charge in [0.15, 0.2) is 4.90 Å². The van der Waals surface area contributed by atoms with E-state index >= 15 is 0 Å². The van der Waals surface area contributed by atoms with Gasteiger partial charge in [0.2, 0.25) is 0 Å². The molecule has 0 radical (unpaired) electrons. The standard InChI is InChI=1S/C8H9NO5S/c1-5-3-7(9(10)11)8(4-6(5)2)15(12,13)14/h3-4H,1-2H3,(H,12,13,14). The van der Waals surface area contributed by atoms with Crippen LogP contribution >= 0.6 is 0 Å². The molecule has 1 N–H and O–H groups in total. The highest BCUT2D eigenvalue weighted by molar-refractivity contribution is 7.86. The van der Waals surface area contributed by atoms with Crippen molar-refractivity contribution in [1.29, 1.82) is 0 Å². The normalized spacial score (nSPS) is 11.4. The molecule has 82 valence electrons. The first kappa shape index (κ1) is 11.6. The predicted octanol–water partition coefficient (Wildman–Crippen LogP) is 1.46. The molecule has 0 atom stereocenters. The van der Waals surface area contributed by atoms with Gasteiger partial charge in [0, 0.05) is 6.07 Å². The van der Waals surface area contributed by atoms with Crippen molar-refractivity contribution in [3.05, 3.63) is 33.4 Å². The third-order valence-electron chi connectivity index (χ3n) is 2.05. The maximum Gasteiger partial charge on any atom is 0.301 e. The van der Waals surface area contributed by atoms with Gasteiger partial charge in [0.1, 0.15) is 0 Å². The Hall–Kier alpha value is -1.47. The van der Waals surface area contributed by atoms with Crippen molar-refractivity contribution in [2.75, 3.05) is 0 Å². The average molecular weight is 231 g/mol. The summed E-state index contributed by atoms with van der Waals surface area (Å²) in [5, 5.41) is 10.6. The zero-order valence-electron chi connectivity index (χ0n) is 8.09. The lowest BCUT2D eigenvalue weighted by Crippen LogP contribution is -2.04. The first-order chi connectivity index (χ1) is 6.73. The van der Waals surface area contributed by atoms with E-state index in [4.69, 9.17) is 4.55 Å². The van der Waals surface area contributed by atoms with Crippen LogP contribution in [0.1, 0.15) is 11.1 Å². The second kappa shape index (κ2) is 3.59. The summed E-state index contributed by atoms with van der Waals surface area (Å²) < 4.78 is 30.5. The number of benzene rings is 1. The number of aryl methyl sites for hydroxylation is 2. The molecule has 15 heavy (non-hydrogen) atoms. The quantitative estimate of drug-likeness (QED) is 0.472. The Kier molecular flexibility index (Phi) is 2.78. The highest BCUT2D eigenvalue weighted by Gasteiger charge is 2.24. The predicted molar refractivity (Wildman–Crippen MR) is 52.4 cm³/mol. The van der Waals surface area contributed by atoms with Gasteiger partial charge in [0.25, 0.3) is 5.69 Å². The molecule has 0 aliphatic rings. The summed E-state index contributed by atoms with van der Waals surface area (Å²) in [6.07, 6.45) is 0. The Bertz CT molecular complexity index is 520. The van der Waals surface area contributed by atoms with Crippen molar-refractivity contribution in [1.82, 2.24) is 0 Å². The fourth-order valence-corrected chi connectivity index (χ4v) is 1.85. The molecule has 6 nitrogen and oxygen atoms in total. The van der Waals surface area contributed by atoms with Crippen molar-refractivity contribution < 1.29 is 17.9 Å². The molecule has 1 aromatic carbocycles. The van der Waals surface area contributed by atoms with Gasteiger partial charge in [-0.25, -0.2) is 0 Å². The molecule has 0 spiro atoms. The van der Waals surface area contributed by atoms with Gasteiger partial charge in [-0.05, 0) is 31.0 Å². The van der Waals surface area contributed by atoms with Crippen LogP contribution in [0, 0.1) is 24.0 Å². The molecule has 1 rings (SSSR count). The Labute approximate surface area is 86.4 Å². The van der Waals surface area contributed by atoms with Crippen LogP contribution in [0.2, 0.25) is 0 Å². The monoisotopic (exact) mass is 231 g/mol. The van der Waals surface area contributed by atoms with Gasteiger partial charge in [-0.3, -0.25) is 14.7 Å². The van der Waals surface area contributed by atoms with E-state index < -0.39 is 25.6 Å². The molecule has 0 heterocycles. The van der Waals surface area contributed by atoms with E-state index in [2.05, 4.69) is 0 Å². The Morgan fingerprint density at radius 1 is 1.27 bits per heavy atom. The van der Waals surface area contributed by atoms with E-state index in [1.165, 1.54) is 0 Å². The number of hydrogen-bond acceptors (Lipinski definition) is 4. The second-order valence-electron chi connectivity index (χ2n) is 3.14. The van der Waals surface area contributed by atoms with E-state index in [9.17, 15) is 18.5 Å². The Balaban J connectivity index is 3.64. The van der Waals surface area contributed by atoms with Crippen LogP contribution in [0.15, 0.2) is 17.0 Å². The summed E-state index contributed by atoms with van der Waals surface area (Å²) in [7, 11) is -4.56. The van der Waals surface area contributed by atoms with Crippen LogP contribution in [-0.4, -0.2) is 17.9 Å². The van der Waals surface area contributed by atoms with Gasteiger partial charge in [0.05, 0.1) is 4.92 Å². The van der Waals surface area contributed by atoms with Crippen LogP contribution in [0.5, 0.6) is 0 Å². The summed E-state index contributed by atoms with van der Waals surface area (Å²) in [5.41, 5.74) is 0.544. The topological polar surface area (TPSA) is 97.5 Å². The smallest absolute Gasteiger partial charge is 0.282 e. The largest absolute Gasteiger partial charge is 0.301 e. The highest BCUT2D eigenvalue weighted by Crippen LogP contribution is 2.26. The van der Waals surface area contributed by atoms with Crippen LogP contribution < -0.4 is 0 Å². The number of rotatable bonds is 2. The van der Waals surface area contributed by atoms with Crippen LogP contribution in [0.3, 0.4) is 0 Å². The van der Waals surface area contributed by atoms with Crippen molar-refractivity contribution in [2.24, 2.45) is 0 Å². The molecule has 0 aromatic heterocycles. The second-order valence-corrected chi connectivity index (χ2v) is 4.53. The molecule has 0 fully saturated rings.